The zero-order valence-electron chi connectivity index (χ0n) is 8.25. The minimum atomic E-state index is 0.464. The predicted molar refractivity (Wildman–Crippen MR) is 52.3 cm³/mol. The van der Waals surface area contributed by atoms with Gasteiger partial charge in [-0.1, -0.05) is 6.92 Å². The zero-order chi connectivity index (χ0) is 9.26. The van der Waals surface area contributed by atoms with Crippen molar-refractivity contribution in [3.63, 3.8) is 0 Å². The van der Waals surface area contributed by atoms with Crippen LogP contribution in [0.4, 0.5) is 0 Å². The molecule has 1 saturated heterocycles. The number of rotatable bonds is 1. The van der Waals surface area contributed by atoms with Gasteiger partial charge in [0, 0.05) is 12.2 Å². The monoisotopic (exact) mass is 179 g/mol. The van der Waals surface area contributed by atoms with E-state index in [1.807, 2.05) is 6.20 Å². The molecule has 1 aromatic heterocycles. The SMILES string of the molecule is CC1CCC(C)C(c2cnc[nH]2)N1. The summed E-state index contributed by atoms with van der Waals surface area (Å²) in [6.45, 7) is 4.54. The maximum atomic E-state index is 4.06. The molecule has 0 aromatic carbocycles. The first-order valence-electron chi connectivity index (χ1n) is 5.01. The molecule has 0 amide bonds. The molecule has 1 aromatic rings. The van der Waals surface area contributed by atoms with Gasteiger partial charge >= 0.3 is 0 Å². The van der Waals surface area contributed by atoms with Crippen LogP contribution in [0.15, 0.2) is 12.5 Å². The van der Waals surface area contributed by atoms with Crippen molar-refractivity contribution in [2.45, 2.75) is 38.8 Å². The molecule has 0 aliphatic carbocycles. The molecular weight excluding hydrogens is 162 g/mol. The molecule has 3 nitrogen and oxygen atoms in total. The molecule has 3 atom stereocenters. The predicted octanol–water partition coefficient (Wildman–Crippen LogP) is 1.86. The van der Waals surface area contributed by atoms with Crippen molar-refractivity contribution in [1.82, 2.24) is 15.3 Å². The Bertz CT molecular complexity index is 255. The normalized spacial score (nSPS) is 34.8. The van der Waals surface area contributed by atoms with Crippen molar-refractivity contribution < 1.29 is 0 Å². The quantitative estimate of drug-likeness (QED) is 0.691. The molecular formula is C10H17N3. The summed E-state index contributed by atoms with van der Waals surface area (Å²) < 4.78 is 0. The number of aromatic amines is 1. The Balaban J connectivity index is 2.12. The van der Waals surface area contributed by atoms with Gasteiger partial charge in [-0.25, -0.2) is 4.98 Å². The minimum absolute atomic E-state index is 0.464. The molecule has 72 valence electrons. The lowest BCUT2D eigenvalue weighted by Gasteiger charge is -2.33. The molecule has 2 N–H and O–H groups in total. The summed E-state index contributed by atoms with van der Waals surface area (Å²) in [4.78, 5) is 7.25. The first kappa shape index (κ1) is 8.75. The van der Waals surface area contributed by atoms with Crippen molar-refractivity contribution in [2.75, 3.05) is 0 Å². The van der Waals surface area contributed by atoms with Crippen molar-refractivity contribution in [1.29, 1.82) is 0 Å². The minimum Gasteiger partial charge on any atom is -0.347 e. The molecule has 0 saturated carbocycles. The van der Waals surface area contributed by atoms with Crippen LogP contribution >= 0.6 is 0 Å². The van der Waals surface area contributed by atoms with Crippen molar-refractivity contribution in [3.8, 4) is 0 Å². The third-order valence-electron chi connectivity index (χ3n) is 2.94. The van der Waals surface area contributed by atoms with Crippen LogP contribution in [0.25, 0.3) is 0 Å². The van der Waals surface area contributed by atoms with E-state index >= 15 is 0 Å². The number of H-pyrrole nitrogens is 1. The van der Waals surface area contributed by atoms with E-state index in [0.717, 1.165) is 0 Å². The van der Waals surface area contributed by atoms with Gasteiger partial charge in [0.15, 0.2) is 0 Å². The highest BCUT2D eigenvalue weighted by Crippen LogP contribution is 2.29. The lowest BCUT2D eigenvalue weighted by molar-refractivity contribution is 0.254. The summed E-state index contributed by atoms with van der Waals surface area (Å²) in [6.07, 6.45) is 6.26. The highest BCUT2D eigenvalue weighted by Gasteiger charge is 2.26. The highest BCUT2D eigenvalue weighted by molar-refractivity contribution is 5.05. The molecule has 2 heterocycles. The Morgan fingerprint density at radius 1 is 1.38 bits per heavy atom. The molecule has 2 rings (SSSR count). The molecule has 13 heavy (non-hydrogen) atoms. The average Bonchev–Trinajstić information content (AvgIpc) is 2.61. The van der Waals surface area contributed by atoms with E-state index < -0.39 is 0 Å². The molecule has 3 heteroatoms. The van der Waals surface area contributed by atoms with Gasteiger partial charge in [0.25, 0.3) is 0 Å². The molecule has 0 bridgehead atoms. The zero-order valence-corrected chi connectivity index (χ0v) is 8.25. The highest BCUT2D eigenvalue weighted by atomic mass is 15.0. The van der Waals surface area contributed by atoms with Gasteiger partial charge < -0.3 is 10.3 Å². The lowest BCUT2D eigenvalue weighted by Crippen LogP contribution is -2.39. The Kier molecular flexibility index (Phi) is 2.36. The van der Waals surface area contributed by atoms with Crippen LogP contribution in [0.3, 0.4) is 0 Å². The number of hydrogen-bond donors (Lipinski definition) is 2. The smallest absolute Gasteiger partial charge is 0.0922 e. The largest absolute Gasteiger partial charge is 0.347 e. The van der Waals surface area contributed by atoms with E-state index in [9.17, 15) is 0 Å². The topological polar surface area (TPSA) is 40.7 Å². The van der Waals surface area contributed by atoms with Crippen molar-refractivity contribution >= 4 is 0 Å². The fourth-order valence-corrected chi connectivity index (χ4v) is 2.07. The third kappa shape index (κ3) is 1.75. The summed E-state index contributed by atoms with van der Waals surface area (Å²) in [5.74, 6) is 0.705. The third-order valence-corrected chi connectivity index (χ3v) is 2.94. The van der Waals surface area contributed by atoms with Gasteiger partial charge in [0.2, 0.25) is 0 Å². The maximum Gasteiger partial charge on any atom is 0.0922 e. The van der Waals surface area contributed by atoms with E-state index in [-0.39, 0.29) is 0 Å². The van der Waals surface area contributed by atoms with E-state index in [2.05, 4.69) is 29.1 Å². The van der Waals surface area contributed by atoms with E-state index in [1.54, 1.807) is 6.33 Å². The van der Waals surface area contributed by atoms with Gasteiger partial charge in [-0.05, 0) is 25.7 Å². The van der Waals surface area contributed by atoms with Crippen molar-refractivity contribution in [3.05, 3.63) is 18.2 Å². The van der Waals surface area contributed by atoms with E-state index in [4.69, 9.17) is 0 Å². The molecule has 1 fully saturated rings. The van der Waals surface area contributed by atoms with Gasteiger partial charge in [0.05, 0.1) is 18.1 Å². The standard InChI is InChI=1S/C10H17N3/c1-7-3-4-8(2)13-10(7)9-5-11-6-12-9/h5-8,10,13H,3-4H2,1-2H3,(H,11,12). The second-order valence-electron chi connectivity index (χ2n) is 4.11. The maximum absolute atomic E-state index is 4.06. The summed E-state index contributed by atoms with van der Waals surface area (Å²) in [6, 6.07) is 1.09. The Morgan fingerprint density at radius 3 is 2.92 bits per heavy atom. The second-order valence-corrected chi connectivity index (χ2v) is 4.11. The molecule has 3 unspecified atom stereocenters. The fourth-order valence-electron chi connectivity index (χ4n) is 2.07. The molecule has 0 spiro atoms. The van der Waals surface area contributed by atoms with Crippen LogP contribution < -0.4 is 5.32 Å². The number of imidazole rings is 1. The molecule has 1 aliphatic heterocycles. The summed E-state index contributed by atoms with van der Waals surface area (Å²) in [5.41, 5.74) is 1.22. The second kappa shape index (κ2) is 3.50. The molecule has 1 aliphatic rings. The van der Waals surface area contributed by atoms with Gasteiger partial charge in [-0.3, -0.25) is 0 Å². The number of nitrogens with zero attached hydrogens (tertiary/aromatic N) is 1. The Hall–Kier alpha value is -0.830. The summed E-state index contributed by atoms with van der Waals surface area (Å²) >= 11 is 0. The van der Waals surface area contributed by atoms with Crippen molar-refractivity contribution in [2.24, 2.45) is 5.92 Å². The van der Waals surface area contributed by atoms with Gasteiger partial charge in [-0.2, -0.15) is 0 Å². The number of piperidine rings is 1. The average molecular weight is 179 g/mol. The Morgan fingerprint density at radius 2 is 2.23 bits per heavy atom. The van der Waals surface area contributed by atoms with Crippen LogP contribution in [0, 0.1) is 5.92 Å². The van der Waals surface area contributed by atoms with Gasteiger partial charge in [0.1, 0.15) is 0 Å². The summed E-state index contributed by atoms with van der Waals surface area (Å²) in [5, 5.41) is 3.60. The van der Waals surface area contributed by atoms with Crippen LogP contribution in [0.5, 0.6) is 0 Å². The van der Waals surface area contributed by atoms with Crippen LogP contribution in [-0.4, -0.2) is 16.0 Å². The first-order chi connectivity index (χ1) is 6.27. The first-order valence-corrected chi connectivity index (χ1v) is 5.01. The van der Waals surface area contributed by atoms with E-state index in [1.165, 1.54) is 18.5 Å². The molecule has 0 radical (unpaired) electrons. The van der Waals surface area contributed by atoms with Crippen LogP contribution in [-0.2, 0) is 0 Å². The van der Waals surface area contributed by atoms with E-state index in [0.29, 0.717) is 18.0 Å². The van der Waals surface area contributed by atoms with Gasteiger partial charge in [-0.15, -0.1) is 0 Å². The fraction of sp³-hybridized carbons (Fsp3) is 0.700. The summed E-state index contributed by atoms with van der Waals surface area (Å²) in [7, 11) is 0. The number of hydrogen-bond acceptors (Lipinski definition) is 2. The number of nitrogens with one attached hydrogen (secondary N) is 2. The lowest BCUT2D eigenvalue weighted by atomic mass is 9.88. The Labute approximate surface area is 79.0 Å². The number of aromatic nitrogens is 2. The van der Waals surface area contributed by atoms with Crippen LogP contribution in [0.2, 0.25) is 0 Å². The van der Waals surface area contributed by atoms with Crippen LogP contribution in [0.1, 0.15) is 38.4 Å².